The van der Waals surface area contributed by atoms with E-state index in [-0.39, 0.29) is 25.7 Å². The molecule has 1 heterocycles. The van der Waals surface area contributed by atoms with Gasteiger partial charge in [-0.2, -0.15) is 0 Å². The van der Waals surface area contributed by atoms with Gasteiger partial charge in [-0.1, -0.05) is 61.4 Å². The molecule has 2 aromatic rings. The first kappa shape index (κ1) is 22.4. The lowest BCUT2D eigenvalue weighted by molar-refractivity contribution is -0.148. The summed E-state index contributed by atoms with van der Waals surface area (Å²) in [7, 11) is 0. The number of ether oxygens (including phenoxy) is 2. The minimum absolute atomic E-state index is 0.0603. The molecule has 34 heavy (non-hydrogen) atoms. The van der Waals surface area contributed by atoms with Gasteiger partial charge in [-0.25, -0.2) is 9.59 Å². The molecule has 5 rings (SSSR count). The first-order valence-corrected chi connectivity index (χ1v) is 11.7. The number of rotatable bonds is 6. The van der Waals surface area contributed by atoms with Crippen molar-refractivity contribution in [3.05, 3.63) is 59.7 Å². The summed E-state index contributed by atoms with van der Waals surface area (Å²) in [5.74, 6) is -2.16. The Hall–Kier alpha value is -3.39. The predicted octanol–water partition coefficient (Wildman–Crippen LogP) is 3.05. The van der Waals surface area contributed by atoms with Gasteiger partial charge in [-0.3, -0.25) is 4.79 Å². The molecule has 3 N–H and O–H groups in total. The summed E-state index contributed by atoms with van der Waals surface area (Å²) in [5.41, 5.74) is 3.30. The fourth-order valence-corrected chi connectivity index (χ4v) is 5.45. The summed E-state index contributed by atoms with van der Waals surface area (Å²) in [5, 5.41) is 15.1. The third kappa shape index (κ3) is 4.03. The van der Waals surface area contributed by atoms with E-state index in [4.69, 9.17) is 9.47 Å². The first-order valence-electron chi connectivity index (χ1n) is 11.7. The molecule has 0 spiro atoms. The van der Waals surface area contributed by atoms with Gasteiger partial charge in [0.1, 0.15) is 12.1 Å². The molecule has 2 aromatic carbocycles. The van der Waals surface area contributed by atoms with Crippen LogP contribution in [-0.2, 0) is 19.1 Å². The van der Waals surface area contributed by atoms with Gasteiger partial charge in [0.25, 0.3) is 0 Å². The van der Waals surface area contributed by atoms with Crippen LogP contribution >= 0.6 is 0 Å². The number of carbonyl (C=O) groups is 3. The summed E-state index contributed by atoms with van der Waals surface area (Å²) in [4.78, 5) is 37.3. The maximum absolute atomic E-state index is 12.9. The second-order valence-electron chi connectivity index (χ2n) is 9.30. The molecule has 1 saturated heterocycles. The Morgan fingerprint density at radius 1 is 0.971 bits per heavy atom. The summed E-state index contributed by atoms with van der Waals surface area (Å²) in [6.07, 6.45) is 1.71. The average molecular weight is 465 g/mol. The molecule has 1 aliphatic heterocycles. The van der Waals surface area contributed by atoms with Crippen LogP contribution in [0.2, 0.25) is 0 Å². The number of benzene rings is 2. The van der Waals surface area contributed by atoms with Crippen molar-refractivity contribution >= 4 is 18.0 Å². The second kappa shape index (κ2) is 9.10. The van der Waals surface area contributed by atoms with Gasteiger partial charge in [0.05, 0.1) is 25.2 Å². The first-order chi connectivity index (χ1) is 16.5. The topological polar surface area (TPSA) is 114 Å². The molecule has 2 amide bonds. The molecular formula is C26H28N2O6. The zero-order chi connectivity index (χ0) is 23.7. The Morgan fingerprint density at radius 3 is 2.21 bits per heavy atom. The molecule has 2 unspecified atom stereocenters. The Morgan fingerprint density at radius 2 is 1.59 bits per heavy atom. The minimum atomic E-state index is -1.23. The highest BCUT2D eigenvalue weighted by Gasteiger charge is 2.46. The van der Waals surface area contributed by atoms with Gasteiger partial charge in [0.2, 0.25) is 5.91 Å². The predicted molar refractivity (Wildman–Crippen MR) is 123 cm³/mol. The van der Waals surface area contributed by atoms with E-state index in [1.54, 1.807) is 0 Å². The number of carboxylic acid groups (broad SMARTS) is 1. The van der Waals surface area contributed by atoms with Gasteiger partial charge in [-0.05, 0) is 35.1 Å². The molecule has 0 radical (unpaired) electrons. The van der Waals surface area contributed by atoms with Crippen LogP contribution in [0, 0.1) is 5.92 Å². The zero-order valence-electron chi connectivity index (χ0n) is 18.8. The van der Waals surface area contributed by atoms with Crippen LogP contribution in [0.4, 0.5) is 4.79 Å². The highest BCUT2D eigenvalue weighted by molar-refractivity contribution is 5.89. The number of alkyl carbamates (subject to hydrolysis) is 1. The van der Waals surface area contributed by atoms with Crippen LogP contribution in [0.1, 0.15) is 42.7 Å². The maximum Gasteiger partial charge on any atom is 0.407 e. The smallest absolute Gasteiger partial charge is 0.407 e. The Bertz CT molecular complexity index is 1060. The molecule has 8 nitrogen and oxygen atoms in total. The van der Waals surface area contributed by atoms with Crippen molar-refractivity contribution in [1.82, 2.24) is 10.6 Å². The summed E-state index contributed by atoms with van der Waals surface area (Å²) >= 11 is 0. The molecule has 3 aliphatic rings. The van der Waals surface area contributed by atoms with E-state index in [0.29, 0.717) is 12.8 Å². The molecule has 0 aromatic heterocycles. The molecule has 8 heteroatoms. The van der Waals surface area contributed by atoms with Crippen LogP contribution in [0.25, 0.3) is 11.1 Å². The summed E-state index contributed by atoms with van der Waals surface area (Å²) < 4.78 is 11.0. The van der Waals surface area contributed by atoms with Crippen LogP contribution in [0.3, 0.4) is 0 Å². The van der Waals surface area contributed by atoms with Gasteiger partial charge in [0, 0.05) is 5.92 Å². The van der Waals surface area contributed by atoms with Crippen molar-refractivity contribution in [2.75, 3.05) is 19.8 Å². The Balaban J connectivity index is 1.21. The molecule has 2 fully saturated rings. The average Bonchev–Trinajstić information content (AvgIpc) is 3.56. The standard InChI is InChI=1S/C26H28N2O6/c29-23(28-26(24(30)31)11-5-6-12-26)21-13-33-15-22(21)27-25(32)34-14-20-18-9-3-1-7-16(18)17-8-2-4-10-19(17)20/h1-4,7-10,20-22H,5-6,11-15H2,(H,27,32)(H,28,29)(H,30,31). The number of carbonyl (C=O) groups excluding carboxylic acids is 2. The third-order valence-corrected chi connectivity index (χ3v) is 7.29. The fourth-order valence-electron chi connectivity index (χ4n) is 5.45. The zero-order valence-corrected chi connectivity index (χ0v) is 18.8. The lowest BCUT2D eigenvalue weighted by Crippen LogP contribution is -2.56. The lowest BCUT2D eigenvalue weighted by Gasteiger charge is -2.28. The largest absolute Gasteiger partial charge is 0.480 e. The number of fused-ring (bicyclic) bond motifs is 3. The normalized spacial score (nSPS) is 22.6. The van der Waals surface area contributed by atoms with Gasteiger partial charge in [0.15, 0.2) is 0 Å². The maximum atomic E-state index is 12.9. The van der Waals surface area contributed by atoms with Crippen molar-refractivity contribution in [1.29, 1.82) is 0 Å². The molecule has 1 saturated carbocycles. The van der Waals surface area contributed by atoms with Crippen LogP contribution in [0.5, 0.6) is 0 Å². The summed E-state index contributed by atoms with van der Waals surface area (Å²) in [6, 6.07) is 15.6. The fraction of sp³-hybridized carbons (Fsp3) is 0.423. The second-order valence-corrected chi connectivity index (χ2v) is 9.30. The van der Waals surface area contributed by atoms with Crippen LogP contribution in [-0.4, -0.2) is 54.5 Å². The molecule has 0 bridgehead atoms. The third-order valence-electron chi connectivity index (χ3n) is 7.29. The Kier molecular flexibility index (Phi) is 6.00. The quantitative estimate of drug-likeness (QED) is 0.606. The van der Waals surface area contributed by atoms with Crippen molar-refractivity contribution in [2.45, 2.75) is 43.2 Å². The van der Waals surface area contributed by atoms with Crippen molar-refractivity contribution in [3.8, 4) is 11.1 Å². The van der Waals surface area contributed by atoms with Gasteiger partial charge >= 0.3 is 12.1 Å². The number of nitrogens with one attached hydrogen (secondary N) is 2. The minimum Gasteiger partial charge on any atom is -0.480 e. The highest BCUT2D eigenvalue weighted by Crippen LogP contribution is 2.44. The van der Waals surface area contributed by atoms with Gasteiger partial charge in [-0.15, -0.1) is 0 Å². The van der Waals surface area contributed by atoms with E-state index in [0.717, 1.165) is 35.1 Å². The van der Waals surface area contributed by atoms with E-state index in [1.807, 2.05) is 36.4 Å². The monoisotopic (exact) mass is 464 g/mol. The number of hydrogen-bond donors (Lipinski definition) is 3. The van der Waals surface area contributed by atoms with Crippen LogP contribution in [0.15, 0.2) is 48.5 Å². The van der Waals surface area contributed by atoms with Crippen molar-refractivity contribution in [3.63, 3.8) is 0 Å². The van der Waals surface area contributed by atoms with E-state index in [9.17, 15) is 19.5 Å². The molecular weight excluding hydrogens is 436 g/mol. The van der Waals surface area contributed by atoms with E-state index < -0.39 is 35.5 Å². The van der Waals surface area contributed by atoms with Crippen molar-refractivity contribution in [2.24, 2.45) is 5.92 Å². The molecule has 178 valence electrons. The Labute approximate surface area is 197 Å². The lowest BCUT2D eigenvalue weighted by atomic mass is 9.95. The number of amides is 2. The number of carboxylic acids is 1. The molecule has 2 aliphatic carbocycles. The van der Waals surface area contributed by atoms with Crippen molar-refractivity contribution < 1.29 is 29.0 Å². The molecule has 2 atom stereocenters. The summed E-state index contributed by atoms with van der Waals surface area (Å²) in [6.45, 7) is 0.463. The van der Waals surface area contributed by atoms with Crippen LogP contribution < -0.4 is 10.6 Å². The van der Waals surface area contributed by atoms with E-state index in [1.165, 1.54) is 0 Å². The SMILES string of the molecule is O=C(NC1COCC1C(=O)NC1(C(=O)O)CCCC1)OCC1c2ccccc2-c2ccccc21. The van der Waals surface area contributed by atoms with Gasteiger partial charge < -0.3 is 25.2 Å². The highest BCUT2D eigenvalue weighted by atomic mass is 16.5. The van der Waals surface area contributed by atoms with E-state index >= 15 is 0 Å². The number of aliphatic carboxylic acids is 1. The van der Waals surface area contributed by atoms with E-state index in [2.05, 4.69) is 22.8 Å². The number of hydrogen-bond acceptors (Lipinski definition) is 5.